The number of piperidine rings is 1. The predicted octanol–water partition coefficient (Wildman–Crippen LogP) is 2.03. The molecular formula is C15H22N2O. The molecule has 2 rings (SSSR count). The molecule has 3 heteroatoms. The van der Waals surface area contributed by atoms with Gasteiger partial charge < -0.3 is 10.6 Å². The van der Waals surface area contributed by atoms with Crippen LogP contribution in [0.1, 0.15) is 41.1 Å². The van der Waals surface area contributed by atoms with Gasteiger partial charge in [0.2, 0.25) is 0 Å². The normalized spacial score (nSPS) is 17.9. The zero-order valence-corrected chi connectivity index (χ0v) is 11.1. The lowest BCUT2D eigenvalue weighted by molar-refractivity contribution is 0.0985. The van der Waals surface area contributed by atoms with Crippen molar-refractivity contribution in [3.63, 3.8) is 0 Å². The lowest BCUT2D eigenvalue weighted by Gasteiger charge is -2.29. The molecule has 0 aromatic heterocycles. The van der Waals surface area contributed by atoms with Crippen molar-refractivity contribution in [2.75, 3.05) is 26.7 Å². The maximum absolute atomic E-state index is 11.8. The molecule has 1 saturated heterocycles. The molecule has 0 bridgehead atoms. The number of Topliss-reactive ketones (excluding diaryl/α,β-unsaturated/α-hetero) is 1. The molecule has 0 aliphatic carbocycles. The molecular weight excluding hydrogens is 224 g/mol. The summed E-state index contributed by atoms with van der Waals surface area (Å²) >= 11 is 0. The Kier molecular flexibility index (Phi) is 4.50. The third-order valence-corrected chi connectivity index (χ3v) is 3.77. The van der Waals surface area contributed by atoms with Crippen LogP contribution in [0.25, 0.3) is 0 Å². The van der Waals surface area contributed by atoms with E-state index >= 15 is 0 Å². The van der Waals surface area contributed by atoms with E-state index in [1.54, 1.807) is 0 Å². The van der Waals surface area contributed by atoms with Crippen LogP contribution in [-0.4, -0.2) is 37.4 Å². The molecule has 0 saturated carbocycles. The minimum Gasteiger partial charge on any atom is -0.330 e. The summed E-state index contributed by atoms with van der Waals surface area (Å²) in [5, 5.41) is 0. The van der Waals surface area contributed by atoms with Gasteiger partial charge in [-0.3, -0.25) is 4.79 Å². The minimum atomic E-state index is 0.160. The first kappa shape index (κ1) is 13.2. The number of nitrogens with zero attached hydrogens (tertiary/aromatic N) is 1. The van der Waals surface area contributed by atoms with Crippen molar-refractivity contribution in [3.8, 4) is 0 Å². The topological polar surface area (TPSA) is 46.3 Å². The van der Waals surface area contributed by atoms with E-state index in [2.05, 4.69) is 24.1 Å². The molecule has 1 aliphatic heterocycles. The van der Waals surface area contributed by atoms with E-state index < -0.39 is 0 Å². The van der Waals surface area contributed by atoms with E-state index in [-0.39, 0.29) is 5.78 Å². The van der Waals surface area contributed by atoms with E-state index in [1.807, 2.05) is 12.1 Å². The Bertz CT molecular complexity index is 409. The Labute approximate surface area is 109 Å². The highest BCUT2D eigenvalue weighted by atomic mass is 16.1. The monoisotopic (exact) mass is 246 g/mol. The Morgan fingerprint density at radius 1 is 1.39 bits per heavy atom. The molecule has 1 heterocycles. The first-order valence-corrected chi connectivity index (χ1v) is 6.72. The smallest absolute Gasteiger partial charge is 0.164 e. The number of nitrogens with two attached hydrogens (primary N) is 1. The highest BCUT2D eigenvalue weighted by molar-refractivity contribution is 5.96. The number of likely N-dealkylation sites (tertiary alicyclic amines) is 1. The average Bonchev–Trinajstić information content (AvgIpc) is 2.40. The Balaban J connectivity index is 2.09. The van der Waals surface area contributed by atoms with Crippen LogP contribution in [0.5, 0.6) is 0 Å². The second-order valence-corrected chi connectivity index (χ2v) is 5.16. The molecule has 0 unspecified atom stereocenters. The first-order valence-electron chi connectivity index (χ1n) is 6.72. The van der Waals surface area contributed by atoms with Crippen LogP contribution in [0.2, 0.25) is 0 Å². The van der Waals surface area contributed by atoms with Gasteiger partial charge in [-0.1, -0.05) is 18.2 Å². The second-order valence-electron chi connectivity index (χ2n) is 5.16. The molecule has 0 spiro atoms. The van der Waals surface area contributed by atoms with Crippen molar-refractivity contribution in [2.45, 2.75) is 25.2 Å². The number of benzene rings is 1. The summed E-state index contributed by atoms with van der Waals surface area (Å²) in [5.74, 6) is 0.763. The van der Waals surface area contributed by atoms with Gasteiger partial charge in [0, 0.05) is 12.0 Å². The third-order valence-electron chi connectivity index (χ3n) is 3.77. The van der Waals surface area contributed by atoms with Gasteiger partial charge in [0.15, 0.2) is 5.78 Å². The third kappa shape index (κ3) is 3.18. The van der Waals surface area contributed by atoms with Crippen molar-refractivity contribution < 1.29 is 4.79 Å². The maximum Gasteiger partial charge on any atom is 0.164 e. The number of carbonyl (C=O) groups excluding carboxylic acids is 1. The van der Waals surface area contributed by atoms with E-state index in [9.17, 15) is 4.79 Å². The summed E-state index contributed by atoms with van der Waals surface area (Å²) < 4.78 is 0. The van der Waals surface area contributed by atoms with Gasteiger partial charge >= 0.3 is 0 Å². The molecule has 2 N–H and O–H groups in total. The van der Waals surface area contributed by atoms with Crippen molar-refractivity contribution in [2.24, 2.45) is 5.73 Å². The summed E-state index contributed by atoms with van der Waals surface area (Å²) in [4.78, 5) is 14.2. The van der Waals surface area contributed by atoms with Crippen LogP contribution < -0.4 is 5.73 Å². The number of hydrogen-bond donors (Lipinski definition) is 1. The highest BCUT2D eigenvalue weighted by Crippen LogP contribution is 2.28. The molecule has 0 atom stereocenters. The molecule has 3 nitrogen and oxygen atoms in total. The van der Waals surface area contributed by atoms with E-state index in [1.165, 1.54) is 18.4 Å². The van der Waals surface area contributed by atoms with E-state index in [0.29, 0.717) is 18.9 Å². The number of carbonyl (C=O) groups is 1. The summed E-state index contributed by atoms with van der Waals surface area (Å²) in [6.45, 7) is 2.72. The Morgan fingerprint density at radius 2 is 2.11 bits per heavy atom. The summed E-state index contributed by atoms with van der Waals surface area (Å²) in [5.41, 5.74) is 7.56. The van der Waals surface area contributed by atoms with Crippen molar-refractivity contribution in [3.05, 3.63) is 35.4 Å². The fraction of sp³-hybridized carbons (Fsp3) is 0.533. The van der Waals surface area contributed by atoms with Crippen LogP contribution in [0.15, 0.2) is 24.3 Å². The van der Waals surface area contributed by atoms with Gasteiger partial charge in [0.25, 0.3) is 0 Å². The Morgan fingerprint density at radius 3 is 2.78 bits per heavy atom. The van der Waals surface area contributed by atoms with Crippen LogP contribution in [0, 0.1) is 0 Å². The molecule has 98 valence electrons. The molecule has 1 fully saturated rings. The van der Waals surface area contributed by atoms with Crippen LogP contribution in [-0.2, 0) is 0 Å². The Hall–Kier alpha value is -1.19. The fourth-order valence-electron chi connectivity index (χ4n) is 2.58. The zero-order valence-electron chi connectivity index (χ0n) is 11.1. The van der Waals surface area contributed by atoms with E-state index in [4.69, 9.17) is 5.73 Å². The summed E-state index contributed by atoms with van der Waals surface area (Å²) in [6.07, 6.45) is 2.81. The lowest BCUT2D eigenvalue weighted by Crippen LogP contribution is -2.29. The van der Waals surface area contributed by atoms with Gasteiger partial charge in [-0.2, -0.15) is 0 Å². The second kappa shape index (κ2) is 6.12. The van der Waals surface area contributed by atoms with Crippen LogP contribution >= 0.6 is 0 Å². The largest absolute Gasteiger partial charge is 0.330 e. The summed E-state index contributed by atoms with van der Waals surface area (Å²) in [7, 11) is 2.16. The average molecular weight is 246 g/mol. The SMILES string of the molecule is CN1CCC(c2cccc(C(=O)CCN)c2)CC1. The molecule has 1 aromatic rings. The van der Waals surface area contributed by atoms with Crippen LogP contribution in [0.4, 0.5) is 0 Å². The van der Waals surface area contributed by atoms with Gasteiger partial charge in [-0.05, 0) is 57.1 Å². The quantitative estimate of drug-likeness (QED) is 0.827. The molecule has 1 aromatic carbocycles. The van der Waals surface area contributed by atoms with E-state index in [0.717, 1.165) is 18.7 Å². The fourth-order valence-corrected chi connectivity index (χ4v) is 2.58. The van der Waals surface area contributed by atoms with Gasteiger partial charge in [-0.15, -0.1) is 0 Å². The first-order chi connectivity index (χ1) is 8.70. The van der Waals surface area contributed by atoms with Gasteiger partial charge in [0.05, 0.1) is 0 Å². The maximum atomic E-state index is 11.8. The molecule has 0 radical (unpaired) electrons. The van der Waals surface area contributed by atoms with Crippen molar-refractivity contribution in [1.82, 2.24) is 4.90 Å². The lowest BCUT2D eigenvalue weighted by atomic mass is 9.88. The number of hydrogen-bond acceptors (Lipinski definition) is 3. The van der Waals surface area contributed by atoms with Crippen LogP contribution in [0.3, 0.4) is 0 Å². The van der Waals surface area contributed by atoms with Crippen molar-refractivity contribution in [1.29, 1.82) is 0 Å². The minimum absolute atomic E-state index is 0.160. The number of rotatable bonds is 4. The summed E-state index contributed by atoms with van der Waals surface area (Å²) in [6, 6.07) is 8.11. The predicted molar refractivity (Wildman–Crippen MR) is 73.9 cm³/mol. The van der Waals surface area contributed by atoms with Gasteiger partial charge in [-0.25, -0.2) is 0 Å². The highest BCUT2D eigenvalue weighted by Gasteiger charge is 2.19. The standard InChI is InChI=1S/C15H22N2O/c1-17-9-6-12(7-10-17)13-3-2-4-14(11-13)15(18)5-8-16/h2-4,11-12H,5-10,16H2,1H3. The zero-order chi connectivity index (χ0) is 13.0. The molecule has 18 heavy (non-hydrogen) atoms. The number of ketones is 1. The van der Waals surface area contributed by atoms with Gasteiger partial charge in [0.1, 0.15) is 0 Å². The van der Waals surface area contributed by atoms with Crippen molar-refractivity contribution >= 4 is 5.78 Å². The molecule has 0 amide bonds. The molecule has 1 aliphatic rings.